The fraction of sp³-hybridized carbons (Fsp3) is 0.111. The van der Waals surface area contributed by atoms with E-state index in [1.54, 1.807) is 12.1 Å². The molecule has 1 aromatic heterocycles. The number of nitrogens with zero attached hydrogens (tertiary/aromatic N) is 3. The standard InChI is InChI=1S/C9H7ClN4O3S/c1-13-8(15)11-12-9(13)18-6-4-2-3-5(10)7(6)14(16)17/h2-4H,1H3,(H,11,15). The van der Waals surface area contributed by atoms with Gasteiger partial charge in [-0.1, -0.05) is 17.7 Å². The average Bonchev–Trinajstić information content (AvgIpc) is 2.60. The van der Waals surface area contributed by atoms with Crippen molar-refractivity contribution < 1.29 is 4.92 Å². The van der Waals surface area contributed by atoms with E-state index in [0.717, 1.165) is 11.8 Å². The molecule has 18 heavy (non-hydrogen) atoms. The molecule has 0 bridgehead atoms. The van der Waals surface area contributed by atoms with Gasteiger partial charge in [-0.25, -0.2) is 9.89 Å². The summed E-state index contributed by atoms with van der Waals surface area (Å²) < 4.78 is 1.26. The first kappa shape index (κ1) is 12.7. The second-order valence-corrected chi connectivity index (χ2v) is 4.73. The number of para-hydroxylation sites is 1. The van der Waals surface area contributed by atoms with Crippen LogP contribution in [-0.4, -0.2) is 19.7 Å². The zero-order chi connectivity index (χ0) is 13.3. The van der Waals surface area contributed by atoms with Crippen LogP contribution in [-0.2, 0) is 7.05 Å². The lowest BCUT2D eigenvalue weighted by molar-refractivity contribution is -0.387. The number of rotatable bonds is 3. The van der Waals surface area contributed by atoms with Gasteiger partial charge in [-0.05, 0) is 23.9 Å². The molecule has 0 aliphatic carbocycles. The highest BCUT2D eigenvalue weighted by Gasteiger charge is 2.20. The fourth-order valence-corrected chi connectivity index (χ4v) is 2.51. The van der Waals surface area contributed by atoms with Crippen LogP contribution >= 0.6 is 23.4 Å². The van der Waals surface area contributed by atoms with E-state index in [4.69, 9.17) is 11.6 Å². The first-order valence-electron chi connectivity index (χ1n) is 4.73. The SMILES string of the molecule is Cn1c(Sc2cccc(Cl)c2[N+](=O)[O-])n[nH]c1=O. The number of H-pyrrole nitrogens is 1. The molecule has 1 heterocycles. The Morgan fingerprint density at radius 2 is 2.28 bits per heavy atom. The second kappa shape index (κ2) is 4.83. The molecule has 1 aromatic carbocycles. The summed E-state index contributed by atoms with van der Waals surface area (Å²) in [5, 5.41) is 17.3. The lowest BCUT2D eigenvalue weighted by Gasteiger charge is -2.02. The van der Waals surface area contributed by atoms with Gasteiger partial charge in [-0.2, -0.15) is 0 Å². The molecule has 0 spiro atoms. The number of aromatic nitrogens is 3. The summed E-state index contributed by atoms with van der Waals surface area (Å²) in [7, 11) is 1.52. The van der Waals surface area contributed by atoms with Crippen LogP contribution in [0.15, 0.2) is 33.0 Å². The van der Waals surface area contributed by atoms with Crippen molar-refractivity contribution in [1.82, 2.24) is 14.8 Å². The van der Waals surface area contributed by atoms with E-state index in [0.29, 0.717) is 10.1 Å². The van der Waals surface area contributed by atoms with Crippen LogP contribution in [0.3, 0.4) is 0 Å². The molecule has 7 nitrogen and oxygen atoms in total. The molecule has 9 heteroatoms. The number of hydrogen-bond donors (Lipinski definition) is 1. The van der Waals surface area contributed by atoms with Gasteiger partial charge in [-0.3, -0.25) is 14.7 Å². The molecule has 0 aliphatic rings. The number of aromatic amines is 1. The Kier molecular flexibility index (Phi) is 3.39. The fourth-order valence-electron chi connectivity index (χ4n) is 1.28. The van der Waals surface area contributed by atoms with Crippen LogP contribution in [0.4, 0.5) is 5.69 Å². The van der Waals surface area contributed by atoms with Gasteiger partial charge < -0.3 is 0 Å². The third-order valence-corrected chi connectivity index (χ3v) is 3.57. The monoisotopic (exact) mass is 286 g/mol. The molecule has 0 saturated heterocycles. The van der Waals surface area contributed by atoms with Gasteiger partial charge in [0.25, 0.3) is 0 Å². The third kappa shape index (κ3) is 2.24. The van der Waals surface area contributed by atoms with Gasteiger partial charge in [0, 0.05) is 7.05 Å². The largest absolute Gasteiger partial charge is 0.343 e. The molecule has 0 atom stereocenters. The van der Waals surface area contributed by atoms with Crippen LogP contribution in [0.2, 0.25) is 5.02 Å². The Hall–Kier alpha value is -1.80. The zero-order valence-electron chi connectivity index (χ0n) is 9.08. The minimum absolute atomic E-state index is 0.0468. The zero-order valence-corrected chi connectivity index (χ0v) is 10.7. The highest BCUT2D eigenvalue weighted by molar-refractivity contribution is 7.99. The summed E-state index contributed by atoms with van der Waals surface area (Å²) in [6.45, 7) is 0. The average molecular weight is 287 g/mol. The van der Waals surface area contributed by atoms with Crippen molar-refractivity contribution in [3.05, 3.63) is 43.8 Å². The number of nitro groups is 1. The molecule has 0 amide bonds. The summed E-state index contributed by atoms with van der Waals surface area (Å²) in [6.07, 6.45) is 0. The van der Waals surface area contributed by atoms with Crippen molar-refractivity contribution in [2.24, 2.45) is 7.05 Å². The van der Waals surface area contributed by atoms with Gasteiger partial charge in [0.2, 0.25) is 0 Å². The van der Waals surface area contributed by atoms with Crippen molar-refractivity contribution >= 4 is 29.1 Å². The maximum Gasteiger partial charge on any atom is 0.343 e. The molecular weight excluding hydrogens is 280 g/mol. The Morgan fingerprint density at radius 3 is 2.83 bits per heavy atom. The van der Waals surface area contributed by atoms with Crippen LogP contribution in [0.25, 0.3) is 0 Å². The summed E-state index contributed by atoms with van der Waals surface area (Å²) >= 11 is 6.78. The molecule has 1 N–H and O–H groups in total. The summed E-state index contributed by atoms with van der Waals surface area (Å²) in [4.78, 5) is 21.9. The summed E-state index contributed by atoms with van der Waals surface area (Å²) in [6, 6.07) is 4.59. The minimum atomic E-state index is -0.560. The normalized spacial score (nSPS) is 10.6. The summed E-state index contributed by atoms with van der Waals surface area (Å²) in [5.41, 5.74) is -0.582. The molecule has 0 saturated carbocycles. The van der Waals surface area contributed by atoms with E-state index in [9.17, 15) is 14.9 Å². The number of halogens is 1. The van der Waals surface area contributed by atoms with Crippen LogP contribution < -0.4 is 5.69 Å². The van der Waals surface area contributed by atoms with Gasteiger partial charge in [0.15, 0.2) is 5.16 Å². The molecule has 0 radical (unpaired) electrons. The number of benzene rings is 1. The first-order chi connectivity index (χ1) is 8.50. The predicted octanol–water partition coefficient (Wildman–Crippen LogP) is 1.82. The van der Waals surface area contributed by atoms with E-state index in [1.165, 1.54) is 17.7 Å². The van der Waals surface area contributed by atoms with Crippen molar-refractivity contribution in [2.75, 3.05) is 0 Å². The molecule has 2 aromatic rings. The first-order valence-corrected chi connectivity index (χ1v) is 5.92. The van der Waals surface area contributed by atoms with Gasteiger partial charge in [0.05, 0.1) is 9.82 Å². The van der Waals surface area contributed by atoms with Crippen molar-refractivity contribution in [1.29, 1.82) is 0 Å². The van der Waals surface area contributed by atoms with E-state index in [1.807, 2.05) is 0 Å². The third-order valence-electron chi connectivity index (χ3n) is 2.17. The van der Waals surface area contributed by atoms with Crippen LogP contribution in [0.5, 0.6) is 0 Å². The maximum absolute atomic E-state index is 11.2. The van der Waals surface area contributed by atoms with Gasteiger partial charge >= 0.3 is 11.4 Å². The Labute approximate surface area is 110 Å². The molecule has 0 fully saturated rings. The predicted molar refractivity (Wildman–Crippen MR) is 66.1 cm³/mol. The highest BCUT2D eigenvalue weighted by atomic mass is 35.5. The Morgan fingerprint density at radius 1 is 1.56 bits per heavy atom. The quantitative estimate of drug-likeness (QED) is 0.686. The molecular formula is C9H7ClN4O3S. The van der Waals surface area contributed by atoms with Crippen molar-refractivity contribution in [3.8, 4) is 0 Å². The van der Waals surface area contributed by atoms with Crippen LogP contribution in [0.1, 0.15) is 0 Å². The minimum Gasteiger partial charge on any atom is -0.273 e. The van der Waals surface area contributed by atoms with E-state index < -0.39 is 4.92 Å². The lowest BCUT2D eigenvalue weighted by atomic mass is 10.3. The summed E-state index contributed by atoms with van der Waals surface area (Å²) in [5.74, 6) is 0. The van der Waals surface area contributed by atoms with Gasteiger partial charge in [-0.15, -0.1) is 5.10 Å². The van der Waals surface area contributed by atoms with E-state index >= 15 is 0 Å². The van der Waals surface area contributed by atoms with Crippen molar-refractivity contribution in [2.45, 2.75) is 10.1 Å². The van der Waals surface area contributed by atoms with Gasteiger partial charge in [0.1, 0.15) is 5.02 Å². The smallest absolute Gasteiger partial charge is 0.273 e. The van der Waals surface area contributed by atoms with E-state index in [-0.39, 0.29) is 16.4 Å². The Bertz CT molecular complexity index is 666. The van der Waals surface area contributed by atoms with Crippen LogP contribution in [0, 0.1) is 10.1 Å². The Balaban J connectivity index is 2.47. The van der Waals surface area contributed by atoms with Crippen molar-refractivity contribution in [3.63, 3.8) is 0 Å². The number of nitro benzene ring substituents is 1. The van der Waals surface area contributed by atoms with E-state index in [2.05, 4.69) is 10.2 Å². The topological polar surface area (TPSA) is 93.8 Å². The molecule has 2 rings (SSSR count). The number of hydrogen-bond acceptors (Lipinski definition) is 5. The number of nitrogens with one attached hydrogen (secondary N) is 1. The highest BCUT2D eigenvalue weighted by Crippen LogP contribution is 2.37. The second-order valence-electron chi connectivity index (χ2n) is 3.32. The lowest BCUT2D eigenvalue weighted by Crippen LogP contribution is -2.12. The maximum atomic E-state index is 11.2. The molecule has 0 unspecified atom stereocenters. The molecule has 94 valence electrons. The molecule has 0 aliphatic heterocycles.